The van der Waals surface area contributed by atoms with Gasteiger partial charge in [-0.05, 0) is 13.1 Å². The largest absolute Gasteiger partial charge is 0.313 e. The Labute approximate surface area is 96.3 Å². The number of nitrogens with zero attached hydrogens (tertiary/aromatic N) is 3. The van der Waals surface area contributed by atoms with Crippen LogP contribution in [0.2, 0.25) is 5.02 Å². The van der Waals surface area contributed by atoms with Gasteiger partial charge in [-0.15, -0.1) is 10.2 Å². The van der Waals surface area contributed by atoms with Crippen molar-refractivity contribution in [3.63, 3.8) is 0 Å². The fraction of sp³-hybridized carbons (Fsp3) is 0.222. The minimum atomic E-state index is 0.602. The Morgan fingerprint density at radius 1 is 1.47 bits per heavy atom. The van der Waals surface area contributed by atoms with Crippen molar-refractivity contribution in [3.8, 4) is 10.6 Å². The Balaban J connectivity index is 2.33. The standard InChI is InChI=1S/C9H9ClN4S/c1-11-5-8-13-14-9(15-8)6-2-3-12-4-7(6)10/h2-4,11H,5H2,1H3. The Bertz CT molecular complexity index is 457. The van der Waals surface area contributed by atoms with Crippen LogP contribution >= 0.6 is 22.9 Å². The summed E-state index contributed by atoms with van der Waals surface area (Å²) in [6, 6.07) is 1.84. The van der Waals surface area contributed by atoms with Crippen molar-refractivity contribution in [2.24, 2.45) is 0 Å². The Kier molecular flexibility index (Phi) is 3.25. The van der Waals surface area contributed by atoms with Crippen LogP contribution in [0, 0.1) is 0 Å². The number of halogens is 1. The second-order valence-electron chi connectivity index (χ2n) is 2.89. The maximum atomic E-state index is 6.01. The molecule has 0 bridgehead atoms. The Morgan fingerprint density at radius 2 is 2.33 bits per heavy atom. The zero-order chi connectivity index (χ0) is 10.7. The van der Waals surface area contributed by atoms with Crippen LogP contribution in [0.4, 0.5) is 0 Å². The van der Waals surface area contributed by atoms with E-state index in [2.05, 4.69) is 20.5 Å². The van der Waals surface area contributed by atoms with Gasteiger partial charge in [-0.3, -0.25) is 4.98 Å². The van der Waals surface area contributed by atoms with Crippen LogP contribution in [0.25, 0.3) is 10.6 Å². The first kappa shape index (κ1) is 10.5. The lowest BCUT2D eigenvalue weighted by molar-refractivity contribution is 0.795. The third-order valence-electron chi connectivity index (χ3n) is 1.80. The quantitative estimate of drug-likeness (QED) is 0.891. The molecule has 6 heteroatoms. The fourth-order valence-corrected chi connectivity index (χ4v) is 2.29. The number of pyridine rings is 1. The highest BCUT2D eigenvalue weighted by atomic mass is 35.5. The molecular formula is C9H9ClN4S. The summed E-state index contributed by atoms with van der Waals surface area (Å²) in [5, 5.41) is 13.5. The predicted octanol–water partition coefficient (Wildman–Crippen LogP) is 1.97. The summed E-state index contributed by atoms with van der Waals surface area (Å²) in [6.45, 7) is 0.723. The van der Waals surface area contributed by atoms with E-state index < -0.39 is 0 Å². The molecule has 0 aliphatic rings. The van der Waals surface area contributed by atoms with Crippen LogP contribution in [0.3, 0.4) is 0 Å². The van der Waals surface area contributed by atoms with Crippen LogP contribution in [-0.2, 0) is 6.54 Å². The molecule has 2 rings (SSSR count). The SMILES string of the molecule is CNCc1nnc(-c2ccncc2Cl)s1. The summed E-state index contributed by atoms with van der Waals surface area (Å²) >= 11 is 7.53. The number of rotatable bonds is 3. The van der Waals surface area contributed by atoms with Crippen molar-refractivity contribution in [1.29, 1.82) is 0 Å². The summed E-state index contributed by atoms with van der Waals surface area (Å²) in [5.41, 5.74) is 0.881. The normalized spacial score (nSPS) is 10.5. The van der Waals surface area contributed by atoms with E-state index in [-0.39, 0.29) is 0 Å². The molecule has 0 saturated carbocycles. The average Bonchev–Trinajstić information content (AvgIpc) is 2.68. The smallest absolute Gasteiger partial charge is 0.149 e. The van der Waals surface area contributed by atoms with Gasteiger partial charge in [-0.1, -0.05) is 22.9 Å². The van der Waals surface area contributed by atoms with Gasteiger partial charge < -0.3 is 5.32 Å². The summed E-state index contributed by atoms with van der Waals surface area (Å²) in [4.78, 5) is 3.93. The van der Waals surface area contributed by atoms with Crippen molar-refractivity contribution in [1.82, 2.24) is 20.5 Å². The maximum Gasteiger partial charge on any atom is 0.149 e. The van der Waals surface area contributed by atoms with Crippen molar-refractivity contribution in [2.45, 2.75) is 6.54 Å². The molecule has 0 aromatic carbocycles. The molecule has 0 aliphatic carbocycles. The second kappa shape index (κ2) is 4.65. The van der Waals surface area contributed by atoms with Gasteiger partial charge in [0.15, 0.2) is 0 Å². The van der Waals surface area contributed by atoms with Gasteiger partial charge in [-0.2, -0.15) is 0 Å². The van der Waals surface area contributed by atoms with Crippen molar-refractivity contribution < 1.29 is 0 Å². The van der Waals surface area contributed by atoms with Gasteiger partial charge in [0, 0.05) is 24.5 Å². The van der Waals surface area contributed by atoms with Crippen molar-refractivity contribution in [3.05, 3.63) is 28.5 Å². The van der Waals surface area contributed by atoms with Crippen molar-refractivity contribution in [2.75, 3.05) is 7.05 Å². The van der Waals surface area contributed by atoms with E-state index in [1.165, 1.54) is 11.3 Å². The molecule has 0 saturated heterocycles. The van der Waals surface area contributed by atoms with Crippen LogP contribution in [0.1, 0.15) is 5.01 Å². The van der Waals surface area contributed by atoms with Gasteiger partial charge in [-0.25, -0.2) is 0 Å². The lowest BCUT2D eigenvalue weighted by Gasteiger charge is -1.96. The topological polar surface area (TPSA) is 50.7 Å². The molecule has 2 aromatic heterocycles. The third-order valence-corrected chi connectivity index (χ3v) is 3.06. The molecule has 0 unspecified atom stereocenters. The van der Waals surface area contributed by atoms with Gasteiger partial charge in [0.05, 0.1) is 5.02 Å². The molecule has 0 amide bonds. The van der Waals surface area contributed by atoms with E-state index in [0.29, 0.717) is 5.02 Å². The first-order valence-electron chi connectivity index (χ1n) is 4.38. The molecule has 2 aromatic rings. The molecule has 0 aliphatic heterocycles. The second-order valence-corrected chi connectivity index (χ2v) is 4.36. The van der Waals surface area contributed by atoms with Gasteiger partial charge >= 0.3 is 0 Å². The molecule has 0 spiro atoms. The molecule has 2 heterocycles. The van der Waals surface area contributed by atoms with Crippen LogP contribution in [0.15, 0.2) is 18.5 Å². The monoisotopic (exact) mass is 240 g/mol. The number of aromatic nitrogens is 3. The molecule has 1 N–H and O–H groups in total. The van der Waals surface area contributed by atoms with E-state index in [0.717, 1.165) is 22.1 Å². The summed E-state index contributed by atoms with van der Waals surface area (Å²) in [7, 11) is 1.88. The van der Waals surface area contributed by atoms with E-state index in [4.69, 9.17) is 11.6 Å². The molecule has 78 valence electrons. The van der Waals surface area contributed by atoms with E-state index in [1.807, 2.05) is 13.1 Å². The Hall–Kier alpha value is -1.04. The summed E-state index contributed by atoms with van der Waals surface area (Å²) < 4.78 is 0. The maximum absolute atomic E-state index is 6.01. The van der Waals surface area contributed by atoms with E-state index >= 15 is 0 Å². The van der Waals surface area contributed by atoms with Crippen LogP contribution in [-0.4, -0.2) is 22.2 Å². The van der Waals surface area contributed by atoms with E-state index in [9.17, 15) is 0 Å². The van der Waals surface area contributed by atoms with Crippen LogP contribution < -0.4 is 5.32 Å². The molecule has 4 nitrogen and oxygen atoms in total. The number of hydrogen-bond donors (Lipinski definition) is 1. The van der Waals surface area contributed by atoms with Crippen LogP contribution in [0.5, 0.6) is 0 Å². The molecular weight excluding hydrogens is 232 g/mol. The molecule has 0 fully saturated rings. The summed E-state index contributed by atoms with van der Waals surface area (Å²) in [5.74, 6) is 0. The highest BCUT2D eigenvalue weighted by Gasteiger charge is 2.09. The third kappa shape index (κ3) is 2.31. The minimum Gasteiger partial charge on any atom is -0.313 e. The average molecular weight is 241 g/mol. The first-order chi connectivity index (χ1) is 7.31. The molecule has 15 heavy (non-hydrogen) atoms. The lowest BCUT2D eigenvalue weighted by Crippen LogP contribution is -2.04. The lowest BCUT2D eigenvalue weighted by atomic mass is 10.3. The van der Waals surface area contributed by atoms with Gasteiger partial charge in [0.25, 0.3) is 0 Å². The zero-order valence-corrected chi connectivity index (χ0v) is 9.64. The highest BCUT2D eigenvalue weighted by molar-refractivity contribution is 7.14. The first-order valence-corrected chi connectivity index (χ1v) is 5.57. The number of nitrogens with one attached hydrogen (secondary N) is 1. The fourth-order valence-electron chi connectivity index (χ4n) is 1.13. The molecule has 0 radical (unpaired) electrons. The van der Waals surface area contributed by atoms with Gasteiger partial charge in [0.1, 0.15) is 10.0 Å². The van der Waals surface area contributed by atoms with E-state index in [1.54, 1.807) is 12.4 Å². The Morgan fingerprint density at radius 3 is 3.07 bits per heavy atom. The van der Waals surface area contributed by atoms with Gasteiger partial charge in [0.2, 0.25) is 0 Å². The zero-order valence-electron chi connectivity index (χ0n) is 8.07. The minimum absolute atomic E-state index is 0.602. The molecule has 0 atom stereocenters. The predicted molar refractivity (Wildman–Crippen MR) is 60.9 cm³/mol. The number of hydrogen-bond acceptors (Lipinski definition) is 5. The summed E-state index contributed by atoms with van der Waals surface area (Å²) in [6.07, 6.45) is 3.30. The van der Waals surface area contributed by atoms with Crippen molar-refractivity contribution >= 4 is 22.9 Å². The highest BCUT2D eigenvalue weighted by Crippen LogP contribution is 2.28.